The first-order valence-electron chi connectivity index (χ1n) is 8.34. The third-order valence-corrected chi connectivity index (χ3v) is 4.87. The first-order valence-corrected chi connectivity index (χ1v) is 8.34. The molecular formula is C18H27NO. The van der Waals surface area contributed by atoms with Crippen LogP contribution in [0.5, 0.6) is 0 Å². The molecule has 0 N–H and O–H groups in total. The van der Waals surface area contributed by atoms with Gasteiger partial charge in [0.05, 0.1) is 12.6 Å². The minimum Gasteiger partial charge on any atom is -0.361 e. The lowest BCUT2D eigenvalue weighted by molar-refractivity contribution is -0.0287. The summed E-state index contributed by atoms with van der Waals surface area (Å²) in [6.07, 6.45) is 9.67. The van der Waals surface area contributed by atoms with E-state index >= 15 is 0 Å². The fraction of sp³-hybridized carbons (Fsp3) is 0.667. The molecule has 2 fully saturated rings. The number of fused-ring (bicyclic) bond motifs is 1. The molecule has 0 aliphatic carbocycles. The van der Waals surface area contributed by atoms with Crippen LogP contribution in [0.25, 0.3) is 0 Å². The van der Waals surface area contributed by atoms with Crippen molar-refractivity contribution in [1.29, 1.82) is 0 Å². The molecule has 0 amide bonds. The molecular weight excluding hydrogens is 246 g/mol. The maximum absolute atomic E-state index is 6.09. The van der Waals surface area contributed by atoms with E-state index in [9.17, 15) is 0 Å². The van der Waals surface area contributed by atoms with E-state index in [2.05, 4.69) is 42.2 Å². The highest BCUT2D eigenvalue weighted by Gasteiger charge is 2.41. The van der Waals surface area contributed by atoms with Crippen molar-refractivity contribution in [3.05, 3.63) is 35.9 Å². The Balaban J connectivity index is 1.72. The van der Waals surface area contributed by atoms with Crippen LogP contribution < -0.4 is 0 Å². The van der Waals surface area contributed by atoms with E-state index in [1.807, 2.05) is 0 Å². The fourth-order valence-corrected chi connectivity index (χ4v) is 3.84. The van der Waals surface area contributed by atoms with E-state index in [1.54, 1.807) is 0 Å². The average Bonchev–Trinajstić information content (AvgIpc) is 2.93. The largest absolute Gasteiger partial charge is 0.361 e. The van der Waals surface area contributed by atoms with Crippen LogP contribution in [0.2, 0.25) is 0 Å². The SMILES string of the molecule is CCCCC[C@H]1CCC[C@H]2OC[C@@H](c3ccccc3)N12. The van der Waals surface area contributed by atoms with Gasteiger partial charge in [-0.15, -0.1) is 0 Å². The van der Waals surface area contributed by atoms with Crippen molar-refractivity contribution < 1.29 is 4.74 Å². The van der Waals surface area contributed by atoms with E-state index in [-0.39, 0.29) is 0 Å². The van der Waals surface area contributed by atoms with Gasteiger partial charge in [-0.3, -0.25) is 4.90 Å². The van der Waals surface area contributed by atoms with Crippen molar-refractivity contribution in [2.75, 3.05) is 6.61 Å². The zero-order valence-corrected chi connectivity index (χ0v) is 12.6. The first kappa shape index (κ1) is 14.1. The van der Waals surface area contributed by atoms with Crippen LogP contribution in [0.1, 0.15) is 63.5 Å². The summed E-state index contributed by atoms with van der Waals surface area (Å²) in [5, 5.41) is 0. The summed E-state index contributed by atoms with van der Waals surface area (Å²) in [5.41, 5.74) is 1.43. The summed E-state index contributed by atoms with van der Waals surface area (Å²) in [6.45, 7) is 3.16. The van der Waals surface area contributed by atoms with Gasteiger partial charge in [0.1, 0.15) is 6.23 Å². The second kappa shape index (κ2) is 6.73. The van der Waals surface area contributed by atoms with E-state index in [0.29, 0.717) is 12.3 Å². The number of benzene rings is 1. The lowest BCUT2D eigenvalue weighted by atomic mass is 9.93. The van der Waals surface area contributed by atoms with Crippen LogP contribution in [0.4, 0.5) is 0 Å². The van der Waals surface area contributed by atoms with Crippen LogP contribution in [0, 0.1) is 0 Å². The summed E-state index contributed by atoms with van der Waals surface area (Å²) < 4.78 is 6.09. The van der Waals surface area contributed by atoms with Gasteiger partial charge in [-0.1, -0.05) is 56.5 Å². The van der Waals surface area contributed by atoms with Crippen LogP contribution in [-0.2, 0) is 4.74 Å². The van der Waals surface area contributed by atoms with Crippen molar-refractivity contribution in [1.82, 2.24) is 4.90 Å². The van der Waals surface area contributed by atoms with Gasteiger partial charge in [0.25, 0.3) is 0 Å². The summed E-state index contributed by atoms with van der Waals surface area (Å²) in [7, 11) is 0. The first-order chi connectivity index (χ1) is 9.90. The predicted molar refractivity (Wildman–Crippen MR) is 82.5 cm³/mol. The summed E-state index contributed by atoms with van der Waals surface area (Å²) in [4.78, 5) is 2.69. The normalized spacial score (nSPS) is 30.4. The maximum Gasteiger partial charge on any atom is 0.111 e. The van der Waals surface area contributed by atoms with Gasteiger partial charge in [-0.05, 0) is 31.2 Å². The quantitative estimate of drug-likeness (QED) is 0.731. The molecule has 0 radical (unpaired) electrons. The molecule has 2 nitrogen and oxygen atoms in total. The third kappa shape index (κ3) is 2.91. The molecule has 2 saturated heterocycles. The molecule has 3 atom stereocenters. The van der Waals surface area contributed by atoms with Gasteiger partial charge in [0, 0.05) is 6.04 Å². The second-order valence-electron chi connectivity index (χ2n) is 6.24. The number of piperidine rings is 1. The zero-order chi connectivity index (χ0) is 13.8. The minimum absolute atomic E-state index is 0.376. The van der Waals surface area contributed by atoms with Crippen molar-refractivity contribution >= 4 is 0 Å². The molecule has 2 heteroatoms. The predicted octanol–water partition coefficient (Wildman–Crippen LogP) is 4.52. The number of hydrogen-bond acceptors (Lipinski definition) is 2. The molecule has 2 aliphatic heterocycles. The Morgan fingerprint density at radius 1 is 1.15 bits per heavy atom. The number of rotatable bonds is 5. The van der Waals surface area contributed by atoms with Gasteiger partial charge in [-0.25, -0.2) is 0 Å². The van der Waals surface area contributed by atoms with Crippen LogP contribution in [-0.4, -0.2) is 23.8 Å². The molecule has 1 aromatic carbocycles. The third-order valence-electron chi connectivity index (χ3n) is 4.87. The zero-order valence-electron chi connectivity index (χ0n) is 12.6. The number of nitrogens with zero attached hydrogens (tertiary/aromatic N) is 1. The maximum atomic E-state index is 6.09. The molecule has 110 valence electrons. The summed E-state index contributed by atoms with van der Waals surface area (Å²) in [5.74, 6) is 0. The second-order valence-corrected chi connectivity index (χ2v) is 6.24. The van der Waals surface area contributed by atoms with E-state index in [1.165, 1.54) is 50.5 Å². The van der Waals surface area contributed by atoms with Crippen LogP contribution in [0.3, 0.4) is 0 Å². The Bertz CT molecular complexity index is 405. The van der Waals surface area contributed by atoms with Crippen molar-refractivity contribution in [3.63, 3.8) is 0 Å². The number of ether oxygens (including phenoxy) is 1. The van der Waals surface area contributed by atoms with E-state index < -0.39 is 0 Å². The molecule has 1 aromatic rings. The average molecular weight is 273 g/mol. The van der Waals surface area contributed by atoms with Crippen molar-refractivity contribution in [2.45, 2.75) is 70.2 Å². The summed E-state index contributed by atoms with van der Waals surface area (Å²) in [6, 6.07) is 12.1. The molecule has 3 rings (SSSR count). The van der Waals surface area contributed by atoms with Gasteiger partial charge in [0.15, 0.2) is 0 Å². The smallest absolute Gasteiger partial charge is 0.111 e. The Morgan fingerprint density at radius 3 is 2.80 bits per heavy atom. The highest BCUT2D eigenvalue weighted by Crippen LogP contribution is 2.39. The molecule has 0 saturated carbocycles. The van der Waals surface area contributed by atoms with Gasteiger partial charge >= 0.3 is 0 Å². The Hall–Kier alpha value is -0.860. The fourth-order valence-electron chi connectivity index (χ4n) is 3.84. The highest BCUT2D eigenvalue weighted by atomic mass is 16.5. The minimum atomic E-state index is 0.376. The lowest BCUT2D eigenvalue weighted by Crippen LogP contribution is -2.44. The number of hydrogen-bond donors (Lipinski definition) is 0. The van der Waals surface area contributed by atoms with Crippen LogP contribution >= 0.6 is 0 Å². The molecule has 2 heterocycles. The van der Waals surface area contributed by atoms with Gasteiger partial charge < -0.3 is 4.74 Å². The van der Waals surface area contributed by atoms with E-state index in [4.69, 9.17) is 4.74 Å². The number of unbranched alkanes of at least 4 members (excludes halogenated alkanes) is 2. The molecule has 2 aliphatic rings. The van der Waals surface area contributed by atoms with Gasteiger partial charge in [0.2, 0.25) is 0 Å². The van der Waals surface area contributed by atoms with Gasteiger partial charge in [-0.2, -0.15) is 0 Å². The van der Waals surface area contributed by atoms with E-state index in [0.717, 1.165) is 12.6 Å². The molecule has 0 bridgehead atoms. The Morgan fingerprint density at radius 2 is 2.00 bits per heavy atom. The lowest BCUT2D eigenvalue weighted by Gasteiger charge is -2.40. The molecule has 20 heavy (non-hydrogen) atoms. The monoisotopic (exact) mass is 273 g/mol. The van der Waals surface area contributed by atoms with Crippen molar-refractivity contribution in [3.8, 4) is 0 Å². The van der Waals surface area contributed by atoms with Crippen LogP contribution in [0.15, 0.2) is 30.3 Å². The molecule has 0 aromatic heterocycles. The Labute approximate surface area is 123 Å². The standard InChI is InChI=1S/C18H27NO/c1-2-3-5-11-16-12-8-13-18-19(16)17(14-20-18)15-9-6-4-7-10-15/h4,6-7,9-10,16-18H,2-3,5,8,11-14H2,1H3/t16-,17-,18+/m0/s1. The van der Waals surface area contributed by atoms with Crippen molar-refractivity contribution in [2.24, 2.45) is 0 Å². The topological polar surface area (TPSA) is 12.5 Å². The molecule has 0 unspecified atom stereocenters. The molecule has 0 spiro atoms. The highest BCUT2D eigenvalue weighted by molar-refractivity contribution is 5.20. The Kier molecular flexibility index (Phi) is 4.74. The summed E-state index contributed by atoms with van der Waals surface area (Å²) >= 11 is 0.